The topological polar surface area (TPSA) is 43.4 Å². The molecule has 0 heterocycles. The molecule has 0 aromatic rings. The highest BCUT2D eigenvalue weighted by Crippen LogP contribution is 2.01. The first-order valence-corrected chi connectivity index (χ1v) is 3.93. The lowest BCUT2D eigenvalue weighted by Gasteiger charge is -2.03. The average molecular weight is 150 g/mol. The van der Waals surface area contributed by atoms with E-state index in [9.17, 15) is 8.42 Å². The Morgan fingerprint density at radius 3 is 2.22 bits per heavy atom. The van der Waals surface area contributed by atoms with Gasteiger partial charge >= 0.3 is 0 Å². The van der Waals surface area contributed by atoms with Gasteiger partial charge < -0.3 is 0 Å². The summed E-state index contributed by atoms with van der Waals surface area (Å²) in [6, 6.07) is 0. The van der Waals surface area contributed by atoms with Gasteiger partial charge in [-0.2, -0.15) is 8.42 Å². The summed E-state index contributed by atoms with van der Waals surface area (Å²) in [5.74, 6) is 0. The molecule has 0 fully saturated rings. The van der Waals surface area contributed by atoms with Crippen molar-refractivity contribution in [2.24, 2.45) is 0 Å². The summed E-state index contributed by atoms with van der Waals surface area (Å²) >= 11 is 0. The largest absolute Gasteiger partial charge is 0.273 e. The zero-order chi connectivity index (χ0) is 7.49. The molecule has 9 heavy (non-hydrogen) atoms. The molecule has 0 radical (unpaired) electrons. The van der Waals surface area contributed by atoms with Crippen molar-refractivity contribution in [3.63, 3.8) is 0 Å². The highest BCUT2D eigenvalue weighted by atomic mass is 32.2. The molecule has 0 aromatic heterocycles. The van der Waals surface area contributed by atoms with Crippen LogP contribution >= 0.6 is 0 Å². The number of rotatable bonds is 3. The second-order valence-electron chi connectivity index (χ2n) is 1.60. The van der Waals surface area contributed by atoms with Gasteiger partial charge in [-0.3, -0.25) is 4.18 Å². The number of hydrogen-bond donors (Lipinski definition) is 0. The predicted molar refractivity (Wildman–Crippen MR) is 35.6 cm³/mol. The van der Waals surface area contributed by atoms with Crippen molar-refractivity contribution >= 4 is 10.1 Å². The van der Waals surface area contributed by atoms with E-state index in [-0.39, 0.29) is 0 Å². The lowest BCUT2D eigenvalue weighted by molar-refractivity contribution is 0.394. The zero-order valence-corrected chi connectivity index (χ0v) is 6.31. The minimum Gasteiger partial charge on any atom is -0.273 e. The quantitative estimate of drug-likeness (QED) is 0.435. The average Bonchev–Trinajstić information content (AvgIpc) is 1.86. The maximum absolute atomic E-state index is 10.6. The Morgan fingerprint density at radius 1 is 1.67 bits per heavy atom. The highest BCUT2D eigenvalue weighted by molar-refractivity contribution is 7.87. The van der Waals surface area contributed by atoms with Gasteiger partial charge in [0.15, 0.2) is 0 Å². The first-order chi connectivity index (χ1) is 4.04. The van der Waals surface area contributed by atoms with E-state index in [0.717, 1.165) is 7.11 Å². The summed E-state index contributed by atoms with van der Waals surface area (Å²) in [5.41, 5.74) is 0. The van der Waals surface area contributed by atoms with Crippen LogP contribution in [0, 0.1) is 0 Å². The van der Waals surface area contributed by atoms with Crippen LogP contribution in [0.3, 0.4) is 0 Å². The molecule has 0 N–H and O–H groups in total. The molecule has 0 saturated heterocycles. The summed E-state index contributed by atoms with van der Waals surface area (Å²) in [4.78, 5) is 0. The summed E-state index contributed by atoms with van der Waals surface area (Å²) in [6.45, 7) is 4.82. The molecular formula is C5H10O3S. The van der Waals surface area contributed by atoms with E-state index in [1.54, 1.807) is 0 Å². The Hall–Kier alpha value is -0.350. The van der Waals surface area contributed by atoms with Crippen molar-refractivity contribution < 1.29 is 12.6 Å². The van der Waals surface area contributed by atoms with Gasteiger partial charge in [-0.05, 0) is 6.92 Å². The SMILES string of the molecule is C=CC(C)S(=O)(=O)OC. The fraction of sp³-hybridized carbons (Fsp3) is 0.600. The molecule has 0 bridgehead atoms. The van der Waals surface area contributed by atoms with Crippen molar-refractivity contribution in [1.82, 2.24) is 0 Å². The fourth-order valence-electron chi connectivity index (χ4n) is 0.270. The minimum atomic E-state index is -3.37. The third kappa shape index (κ3) is 2.15. The molecule has 0 rings (SSSR count). The third-order valence-electron chi connectivity index (χ3n) is 1.02. The van der Waals surface area contributed by atoms with Gasteiger partial charge in [0, 0.05) is 0 Å². The van der Waals surface area contributed by atoms with Crippen molar-refractivity contribution in [2.75, 3.05) is 7.11 Å². The van der Waals surface area contributed by atoms with Crippen LogP contribution < -0.4 is 0 Å². The molecule has 0 aromatic carbocycles. The Labute approximate surface area is 55.5 Å². The van der Waals surface area contributed by atoms with E-state index in [0.29, 0.717) is 0 Å². The maximum Gasteiger partial charge on any atom is 0.273 e. The smallest absolute Gasteiger partial charge is 0.273 e. The van der Waals surface area contributed by atoms with E-state index in [1.165, 1.54) is 13.0 Å². The molecule has 0 aliphatic carbocycles. The van der Waals surface area contributed by atoms with Crippen LogP contribution in [0.25, 0.3) is 0 Å². The molecular weight excluding hydrogens is 140 g/mol. The van der Waals surface area contributed by atoms with Crippen LogP contribution in [0.15, 0.2) is 12.7 Å². The number of hydrogen-bond acceptors (Lipinski definition) is 3. The molecule has 4 heteroatoms. The molecule has 1 unspecified atom stereocenters. The first-order valence-electron chi connectivity index (χ1n) is 2.46. The van der Waals surface area contributed by atoms with Gasteiger partial charge in [0.05, 0.1) is 7.11 Å². The van der Waals surface area contributed by atoms with E-state index in [2.05, 4.69) is 10.8 Å². The molecule has 0 amide bonds. The molecule has 3 nitrogen and oxygen atoms in total. The van der Waals surface area contributed by atoms with Crippen LogP contribution in [0.1, 0.15) is 6.92 Å². The van der Waals surface area contributed by atoms with Gasteiger partial charge in [0.2, 0.25) is 0 Å². The summed E-state index contributed by atoms with van der Waals surface area (Å²) < 4.78 is 25.5. The standard InChI is InChI=1S/C5H10O3S/c1-4-5(2)9(6,7)8-3/h4-5H,1H2,2-3H3. The third-order valence-corrected chi connectivity index (χ3v) is 2.59. The summed E-state index contributed by atoms with van der Waals surface area (Å²) in [6.07, 6.45) is 1.32. The fourth-order valence-corrected chi connectivity index (χ4v) is 0.809. The lowest BCUT2D eigenvalue weighted by Crippen LogP contribution is -2.15. The van der Waals surface area contributed by atoms with E-state index in [1.807, 2.05) is 0 Å². The predicted octanol–water partition coefficient (Wildman–Crippen LogP) is 0.537. The van der Waals surface area contributed by atoms with Crippen LogP contribution in [0.5, 0.6) is 0 Å². The normalized spacial score (nSPS) is 14.9. The van der Waals surface area contributed by atoms with E-state index in [4.69, 9.17) is 0 Å². The second-order valence-corrected chi connectivity index (χ2v) is 3.66. The van der Waals surface area contributed by atoms with Crippen molar-refractivity contribution in [3.05, 3.63) is 12.7 Å². The van der Waals surface area contributed by atoms with Gasteiger partial charge in [-0.25, -0.2) is 0 Å². The molecule has 54 valence electrons. The van der Waals surface area contributed by atoms with Crippen molar-refractivity contribution in [2.45, 2.75) is 12.2 Å². The van der Waals surface area contributed by atoms with Crippen LogP contribution in [0.4, 0.5) is 0 Å². The summed E-state index contributed by atoms with van der Waals surface area (Å²) in [5, 5.41) is -0.623. The van der Waals surface area contributed by atoms with Crippen LogP contribution in [0.2, 0.25) is 0 Å². The van der Waals surface area contributed by atoms with E-state index >= 15 is 0 Å². The van der Waals surface area contributed by atoms with Gasteiger partial charge in [0.1, 0.15) is 5.25 Å². The zero-order valence-electron chi connectivity index (χ0n) is 5.49. The van der Waals surface area contributed by atoms with Gasteiger partial charge in [-0.1, -0.05) is 6.08 Å². The van der Waals surface area contributed by atoms with Crippen LogP contribution in [-0.2, 0) is 14.3 Å². The molecule has 0 aliphatic heterocycles. The molecule has 0 saturated carbocycles. The second kappa shape index (κ2) is 2.98. The molecule has 0 spiro atoms. The summed E-state index contributed by atoms with van der Waals surface area (Å²) in [7, 11) is -2.23. The monoisotopic (exact) mass is 150 g/mol. The highest BCUT2D eigenvalue weighted by Gasteiger charge is 2.15. The Morgan fingerprint density at radius 2 is 2.11 bits per heavy atom. The molecule has 0 aliphatic rings. The van der Waals surface area contributed by atoms with E-state index < -0.39 is 15.4 Å². The Kier molecular flexibility index (Phi) is 2.87. The van der Waals surface area contributed by atoms with Gasteiger partial charge in [0.25, 0.3) is 10.1 Å². The lowest BCUT2D eigenvalue weighted by atomic mass is 10.5. The Bertz CT molecular complexity index is 180. The van der Waals surface area contributed by atoms with Crippen molar-refractivity contribution in [1.29, 1.82) is 0 Å². The first kappa shape index (κ1) is 8.65. The Balaban J connectivity index is 4.34. The molecule has 1 atom stereocenters. The van der Waals surface area contributed by atoms with Crippen molar-refractivity contribution in [3.8, 4) is 0 Å². The maximum atomic E-state index is 10.6. The van der Waals surface area contributed by atoms with Gasteiger partial charge in [-0.15, -0.1) is 6.58 Å². The minimum absolute atomic E-state index is 0.623. The van der Waals surface area contributed by atoms with Crippen LogP contribution in [-0.4, -0.2) is 20.8 Å².